The first-order valence-electron chi connectivity index (χ1n) is 8.39. The molecule has 0 bridgehead atoms. The van der Waals surface area contributed by atoms with Crippen LogP contribution in [0.1, 0.15) is 30.9 Å². The fourth-order valence-corrected chi connectivity index (χ4v) is 3.79. The molecule has 1 unspecified atom stereocenters. The first kappa shape index (κ1) is 17.8. The summed E-state index contributed by atoms with van der Waals surface area (Å²) < 4.78 is 54.4. The number of hydrogen-bond acceptors (Lipinski definition) is 5. The molecule has 2 aromatic rings. The number of nitrogens with zero attached hydrogens (tertiary/aromatic N) is 3. The van der Waals surface area contributed by atoms with Crippen LogP contribution in [0.3, 0.4) is 0 Å². The minimum absolute atomic E-state index is 0.352. The molecule has 2 aliphatic rings. The van der Waals surface area contributed by atoms with Crippen molar-refractivity contribution in [3.05, 3.63) is 46.9 Å². The summed E-state index contributed by atoms with van der Waals surface area (Å²) in [7, 11) is 1.66. The van der Waals surface area contributed by atoms with E-state index in [4.69, 9.17) is 5.73 Å². The number of alkyl halides is 3. The average Bonchev–Trinajstić information content (AvgIpc) is 3.29. The molecule has 6 nitrogen and oxygen atoms in total. The molecule has 1 atom stereocenters. The van der Waals surface area contributed by atoms with Gasteiger partial charge in [-0.15, -0.1) is 5.10 Å². The fraction of sp³-hybridized carbons (Fsp3) is 0.412. The summed E-state index contributed by atoms with van der Waals surface area (Å²) in [4.78, 5) is 4.30. The van der Waals surface area contributed by atoms with Gasteiger partial charge in [0.15, 0.2) is 0 Å². The number of rotatable bonds is 3. The summed E-state index contributed by atoms with van der Waals surface area (Å²) in [6.07, 6.45) is -1.80. The van der Waals surface area contributed by atoms with Gasteiger partial charge in [-0.1, -0.05) is 6.07 Å². The maximum atomic E-state index is 14.2. The predicted octanol–water partition coefficient (Wildman–Crippen LogP) is 3.15. The molecule has 2 heterocycles. The van der Waals surface area contributed by atoms with E-state index in [9.17, 15) is 17.6 Å². The van der Waals surface area contributed by atoms with E-state index < -0.39 is 28.6 Å². The Labute approximate surface area is 152 Å². The SMILES string of the molecule is CNc1nc2n(n1)C(N)(C1(c3ccc(C(F)(F)F)c(F)c3)CC1)C=C(C)N2. The molecule has 0 saturated heterocycles. The van der Waals surface area contributed by atoms with E-state index in [0.29, 0.717) is 30.3 Å². The minimum atomic E-state index is -4.74. The zero-order valence-corrected chi connectivity index (χ0v) is 14.7. The van der Waals surface area contributed by atoms with Crippen molar-refractivity contribution in [3.8, 4) is 0 Å². The Morgan fingerprint density at radius 1 is 1.30 bits per heavy atom. The van der Waals surface area contributed by atoms with E-state index in [1.807, 2.05) is 6.92 Å². The number of fused-ring (bicyclic) bond motifs is 1. The molecule has 1 aromatic carbocycles. The van der Waals surface area contributed by atoms with E-state index in [-0.39, 0.29) is 0 Å². The van der Waals surface area contributed by atoms with Crippen molar-refractivity contribution >= 4 is 11.9 Å². The van der Waals surface area contributed by atoms with Gasteiger partial charge < -0.3 is 16.4 Å². The van der Waals surface area contributed by atoms with Crippen molar-refractivity contribution < 1.29 is 17.6 Å². The summed E-state index contributed by atoms with van der Waals surface area (Å²) in [6, 6.07) is 3.01. The van der Waals surface area contributed by atoms with Crippen LogP contribution in [0.2, 0.25) is 0 Å². The molecule has 0 spiro atoms. The van der Waals surface area contributed by atoms with Crippen LogP contribution in [-0.4, -0.2) is 21.8 Å². The van der Waals surface area contributed by atoms with E-state index in [1.54, 1.807) is 13.1 Å². The van der Waals surface area contributed by atoms with Gasteiger partial charge in [0.05, 0.1) is 5.56 Å². The molecule has 0 radical (unpaired) electrons. The van der Waals surface area contributed by atoms with Gasteiger partial charge in [-0.25, -0.2) is 9.07 Å². The second-order valence-electron chi connectivity index (χ2n) is 6.97. The number of halogens is 4. The van der Waals surface area contributed by atoms with Gasteiger partial charge in [0.1, 0.15) is 11.5 Å². The van der Waals surface area contributed by atoms with Crippen molar-refractivity contribution in [2.45, 2.75) is 37.0 Å². The van der Waals surface area contributed by atoms with E-state index in [2.05, 4.69) is 20.7 Å². The third kappa shape index (κ3) is 2.50. The van der Waals surface area contributed by atoms with Crippen LogP contribution < -0.4 is 16.4 Å². The zero-order valence-electron chi connectivity index (χ0n) is 14.7. The van der Waals surface area contributed by atoms with Gasteiger partial charge in [0.25, 0.3) is 0 Å². The lowest BCUT2D eigenvalue weighted by molar-refractivity contribution is -0.140. The first-order valence-corrected chi connectivity index (χ1v) is 8.39. The highest BCUT2D eigenvalue weighted by molar-refractivity contribution is 5.50. The normalized spacial score (nSPS) is 23.3. The summed E-state index contributed by atoms with van der Waals surface area (Å²) in [5, 5.41) is 10.3. The van der Waals surface area contributed by atoms with Gasteiger partial charge in [-0.2, -0.15) is 18.2 Å². The number of hydrogen-bond donors (Lipinski definition) is 3. The van der Waals surface area contributed by atoms with Gasteiger partial charge in [0.2, 0.25) is 11.9 Å². The largest absolute Gasteiger partial charge is 0.419 e. The number of nitrogens with two attached hydrogens (primary N) is 1. The lowest BCUT2D eigenvalue weighted by Crippen LogP contribution is -2.54. The summed E-state index contributed by atoms with van der Waals surface area (Å²) >= 11 is 0. The van der Waals surface area contributed by atoms with E-state index >= 15 is 0 Å². The van der Waals surface area contributed by atoms with Crippen LogP contribution in [0.5, 0.6) is 0 Å². The first-order chi connectivity index (χ1) is 12.6. The van der Waals surface area contributed by atoms with Crippen LogP contribution in [0, 0.1) is 5.82 Å². The molecule has 4 rings (SSSR count). The quantitative estimate of drug-likeness (QED) is 0.711. The maximum Gasteiger partial charge on any atom is 0.419 e. The van der Waals surface area contributed by atoms with Crippen molar-refractivity contribution in [1.29, 1.82) is 0 Å². The summed E-state index contributed by atoms with van der Waals surface area (Å²) in [6.45, 7) is 1.81. The van der Waals surface area contributed by atoms with Crippen LogP contribution >= 0.6 is 0 Å². The van der Waals surface area contributed by atoms with Crippen LogP contribution in [0.4, 0.5) is 29.5 Å². The Morgan fingerprint density at radius 3 is 2.56 bits per heavy atom. The molecule has 4 N–H and O–H groups in total. The molecule has 1 fully saturated rings. The number of allylic oxidation sites excluding steroid dienone is 1. The van der Waals surface area contributed by atoms with Gasteiger partial charge in [-0.3, -0.25) is 0 Å². The standard InChI is InChI=1S/C17H18F4N6/c1-9-8-16(22,27-14(24-9)25-13(23-2)26-27)15(5-6-15)10-3-4-11(12(18)7-10)17(19,20)21/h3-4,7-8H,5-6,22H2,1-2H3,(H2,23,24,25,26). The minimum Gasteiger partial charge on any atom is -0.356 e. The fourth-order valence-electron chi connectivity index (χ4n) is 3.79. The average molecular weight is 382 g/mol. The molecule has 1 aromatic heterocycles. The van der Waals surface area contributed by atoms with Gasteiger partial charge >= 0.3 is 6.18 Å². The lowest BCUT2D eigenvalue weighted by atomic mass is 9.81. The molecule has 1 saturated carbocycles. The molecule has 27 heavy (non-hydrogen) atoms. The van der Waals surface area contributed by atoms with Crippen molar-refractivity contribution in [3.63, 3.8) is 0 Å². The van der Waals surface area contributed by atoms with Gasteiger partial charge in [-0.05, 0) is 43.5 Å². The molecular weight excluding hydrogens is 364 g/mol. The maximum absolute atomic E-state index is 14.2. The molecule has 0 amide bonds. The van der Waals surface area contributed by atoms with Crippen molar-refractivity contribution in [2.75, 3.05) is 17.7 Å². The van der Waals surface area contributed by atoms with Gasteiger partial charge in [0, 0.05) is 18.2 Å². The Kier molecular flexibility index (Phi) is 3.58. The third-order valence-electron chi connectivity index (χ3n) is 5.27. The van der Waals surface area contributed by atoms with E-state index in [0.717, 1.165) is 17.8 Å². The van der Waals surface area contributed by atoms with E-state index in [1.165, 1.54) is 10.7 Å². The Balaban J connectivity index is 1.84. The zero-order chi connectivity index (χ0) is 19.6. The Bertz CT molecular complexity index is 943. The number of nitrogens with one attached hydrogen (secondary N) is 2. The predicted molar refractivity (Wildman–Crippen MR) is 91.4 cm³/mol. The van der Waals surface area contributed by atoms with Crippen LogP contribution in [0.15, 0.2) is 30.0 Å². The lowest BCUT2D eigenvalue weighted by Gasteiger charge is -2.39. The Morgan fingerprint density at radius 2 is 2.00 bits per heavy atom. The number of aromatic nitrogens is 3. The second kappa shape index (κ2) is 5.44. The highest BCUT2D eigenvalue weighted by Crippen LogP contribution is 2.59. The smallest absolute Gasteiger partial charge is 0.356 e. The molecule has 1 aliphatic heterocycles. The number of anilines is 2. The Hall–Kier alpha value is -2.62. The third-order valence-corrected chi connectivity index (χ3v) is 5.27. The van der Waals surface area contributed by atoms with Crippen LogP contribution in [0.25, 0.3) is 0 Å². The highest BCUT2D eigenvalue weighted by atomic mass is 19.4. The van der Waals surface area contributed by atoms with Crippen molar-refractivity contribution in [1.82, 2.24) is 14.8 Å². The highest BCUT2D eigenvalue weighted by Gasteiger charge is 2.61. The molecule has 10 heteroatoms. The van der Waals surface area contributed by atoms with Crippen molar-refractivity contribution in [2.24, 2.45) is 5.73 Å². The topological polar surface area (TPSA) is 80.8 Å². The summed E-state index contributed by atoms with van der Waals surface area (Å²) in [5.74, 6) is -0.537. The monoisotopic (exact) mass is 382 g/mol. The second-order valence-corrected chi connectivity index (χ2v) is 6.97. The summed E-state index contributed by atoms with van der Waals surface area (Å²) in [5.41, 5.74) is 4.65. The molecular formula is C17H18F4N6. The number of benzene rings is 1. The molecule has 144 valence electrons. The van der Waals surface area contributed by atoms with Crippen LogP contribution in [-0.2, 0) is 17.3 Å². The molecule has 1 aliphatic carbocycles.